The Kier molecular flexibility index (Phi) is 6.28. The van der Waals surface area contributed by atoms with Gasteiger partial charge in [0.15, 0.2) is 5.17 Å². The molecular weight excluding hydrogens is 414 g/mol. The molecule has 156 valence electrons. The average molecular weight is 433 g/mol. The minimum absolute atomic E-state index is 0.251. The van der Waals surface area contributed by atoms with Crippen molar-refractivity contribution in [3.63, 3.8) is 0 Å². The molecule has 4 rings (SSSR count). The molecule has 1 saturated heterocycles. The van der Waals surface area contributed by atoms with Crippen LogP contribution >= 0.6 is 11.8 Å². The fraction of sp³-hybridized carbons (Fsp3) is 0.130. The number of nitrogens with one attached hydrogen (secondary N) is 1. The van der Waals surface area contributed by atoms with Crippen molar-refractivity contribution in [2.24, 2.45) is 10.2 Å². The monoisotopic (exact) mass is 433 g/mol. The SMILES string of the molecule is O=C(O)C[C@@H]1S/C(=N\N=C/c2ccc(OCc3cccc4ccccc34)cc2)NC1=O. The second-order valence-electron chi connectivity index (χ2n) is 6.84. The van der Waals surface area contributed by atoms with Gasteiger partial charge in [0.05, 0.1) is 12.6 Å². The van der Waals surface area contributed by atoms with Crippen molar-refractivity contribution >= 4 is 45.8 Å². The van der Waals surface area contributed by atoms with Gasteiger partial charge in [-0.3, -0.25) is 9.59 Å². The molecular formula is C23H19N3O4S. The molecule has 0 spiro atoms. The van der Waals surface area contributed by atoms with Crippen molar-refractivity contribution in [3.05, 3.63) is 77.9 Å². The number of hydrogen-bond donors (Lipinski definition) is 2. The normalized spacial score (nSPS) is 17.4. The maximum atomic E-state index is 11.7. The lowest BCUT2D eigenvalue weighted by atomic mass is 10.1. The van der Waals surface area contributed by atoms with Gasteiger partial charge < -0.3 is 15.2 Å². The number of carboxylic acids is 1. The number of carboxylic acid groups (broad SMARTS) is 1. The highest BCUT2D eigenvalue weighted by Crippen LogP contribution is 2.23. The van der Waals surface area contributed by atoms with Crippen LogP contribution in [-0.4, -0.2) is 33.6 Å². The predicted octanol–water partition coefficient (Wildman–Crippen LogP) is 3.82. The third-order valence-corrected chi connectivity index (χ3v) is 5.72. The van der Waals surface area contributed by atoms with E-state index in [2.05, 4.69) is 39.8 Å². The van der Waals surface area contributed by atoms with Crippen LogP contribution in [0.5, 0.6) is 5.75 Å². The summed E-state index contributed by atoms with van der Waals surface area (Å²) in [7, 11) is 0. The van der Waals surface area contributed by atoms with Crippen LogP contribution in [-0.2, 0) is 16.2 Å². The third-order valence-electron chi connectivity index (χ3n) is 4.65. The Morgan fingerprint density at radius 2 is 1.87 bits per heavy atom. The van der Waals surface area contributed by atoms with Crippen LogP contribution in [0.2, 0.25) is 0 Å². The van der Waals surface area contributed by atoms with Gasteiger partial charge >= 0.3 is 5.97 Å². The van der Waals surface area contributed by atoms with E-state index in [1.54, 1.807) is 6.21 Å². The van der Waals surface area contributed by atoms with Gasteiger partial charge in [-0.25, -0.2) is 0 Å². The first-order valence-electron chi connectivity index (χ1n) is 9.58. The van der Waals surface area contributed by atoms with Crippen molar-refractivity contribution in [3.8, 4) is 5.75 Å². The molecule has 0 saturated carbocycles. The molecule has 1 aliphatic rings. The number of amides is 1. The number of thioether (sulfide) groups is 1. The lowest BCUT2D eigenvalue weighted by molar-refractivity contribution is -0.138. The van der Waals surface area contributed by atoms with Gasteiger partial charge in [-0.1, -0.05) is 54.2 Å². The van der Waals surface area contributed by atoms with Crippen molar-refractivity contribution in [1.82, 2.24) is 5.32 Å². The van der Waals surface area contributed by atoms with Gasteiger partial charge in [0, 0.05) is 0 Å². The van der Waals surface area contributed by atoms with Crippen LogP contribution in [0, 0.1) is 0 Å². The first-order chi connectivity index (χ1) is 15.1. The fourth-order valence-corrected chi connectivity index (χ4v) is 4.04. The van der Waals surface area contributed by atoms with E-state index < -0.39 is 11.2 Å². The summed E-state index contributed by atoms with van der Waals surface area (Å²) < 4.78 is 5.93. The quantitative estimate of drug-likeness (QED) is 0.436. The summed E-state index contributed by atoms with van der Waals surface area (Å²) in [5.41, 5.74) is 1.94. The Labute approximate surface area is 182 Å². The molecule has 0 aliphatic carbocycles. The van der Waals surface area contributed by atoms with Crippen LogP contribution in [0.25, 0.3) is 10.8 Å². The third kappa shape index (κ3) is 5.29. The predicted molar refractivity (Wildman–Crippen MR) is 122 cm³/mol. The fourth-order valence-electron chi connectivity index (χ4n) is 3.12. The first-order valence-corrected chi connectivity index (χ1v) is 10.5. The molecule has 1 amide bonds. The summed E-state index contributed by atoms with van der Waals surface area (Å²) in [5, 5.41) is 21.2. The number of nitrogens with zero attached hydrogens (tertiary/aromatic N) is 2. The molecule has 1 aliphatic heterocycles. The Hall–Kier alpha value is -3.65. The molecule has 1 fully saturated rings. The van der Waals surface area contributed by atoms with E-state index in [1.807, 2.05) is 42.5 Å². The molecule has 0 unspecified atom stereocenters. The minimum Gasteiger partial charge on any atom is -0.489 e. The topological polar surface area (TPSA) is 100 Å². The zero-order chi connectivity index (χ0) is 21.6. The molecule has 0 bridgehead atoms. The number of carbonyl (C=O) groups is 2. The summed E-state index contributed by atoms with van der Waals surface area (Å²) in [5.74, 6) is -0.652. The van der Waals surface area contributed by atoms with E-state index in [0.717, 1.165) is 28.6 Å². The van der Waals surface area contributed by atoms with Crippen LogP contribution < -0.4 is 10.1 Å². The lowest BCUT2D eigenvalue weighted by Crippen LogP contribution is -2.26. The maximum absolute atomic E-state index is 11.7. The summed E-state index contributed by atoms with van der Waals surface area (Å²) in [4.78, 5) is 22.4. The highest BCUT2D eigenvalue weighted by atomic mass is 32.2. The molecule has 2 N–H and O–H groups in total. The largest absolute Gasteiger partial charge is 0.489 e. The van der Waals surface area contributed by atoms with E-state index >= 15 is 0 Å². The minimum atomic E-state index is -1.03. The van der Waals surface area contributed by atoms with Crippen LogP contribution in [0.3, 0.4) is 0 Å². The zero-order valence-corrected chi connectivity index (χ0v) is 17.2. The highest BCUT2D eigenvalue weighted by molar-refractivity contribution is 8.15. The van der Waals surface area contributed by atoms with E-state index in [4.69, 9.17) is 9.84 Å². The second-order valence-corrected chi connectivity index (χ2v) is 8.03. The molecule has 1 atom stereocenters. The Morgan fingerprint density at radius 3 is 2.68 bits per heavy atom. The Balaban J connectivity index is 1.34. The van der Waals surface area contributed by atoms with Crippen molar-refractivity contribution < 1.29 is 19.4 Å². The number of rotatable bonds is 7. The summed E-state index contributed by atoms with van der Waals surface area (Å²) in [6.45, 7) is 0.469. The molecule has 1 heterocycles. The van der Waals surface area contributed by atoms with Gasteiger partial charge in [-0.2, -0.15) is 5.10 Å². The number of ether oxygens (including phenoxy) is 1. The number of fused-ring (bicyclic) bond motifs is 1. The smallest absolute Gasteiger partial charge is 0.305 e. The Morgan fingerprint density at radius 1 is 1.10 bits per heavy atom. The van der Waals surface area contributed by atoms with E-state index in [9.17, 15) is 9.59 Å². The molecule has 3 aromatic rings. The number of aliphatic carboxylic acids is 1. The number of amidine groups is 1. The van der Waals surface area contributed by atoms with Crippen LogP contribution in [0.15, 0.2) is 76.9 Å². The van der Waals surface area contributed by atoms with Crippen molar-refractivity contribution in [2.75, 3.05) is 0 Å². The van der Waals surface area contributed by atoms with E-state index in [0.29, 0.717) is 11.8 Å². The van der Waals surface area contributed by atoms with Crippen LogP contribution in [0.1, 0.15) is 17.5 Å². The summed E-state index contributed by atoms with van der Waals surface area (Å²) in [6, 6.07) is 21.8. The van der Waals surface area contributed by atoms with Crippen LogP contribution in [0.4, 0.5) is 0 Å². The standard InChI is InChI=1S/C23H19N3O4S/c27-21(28)12-20-22(29)25-23(31-20)26-24-13-15-8-10-18(11-9-15)30-14-17-6-3-5-16-4-1-2-7-19(16)17/h1-11,13,20H,12,14H2,(H,27,28)(H,25,26,29)/b24-13-/t20-/m0/s1. The van der Waals surface area contributed by atoms with Gasteiger partial charge in [-0.05, 0) is 46.2 Å². The molecule has 3 aromatic carbocycles. The van der Waals surface area contributed by atoms with Gasteiger partial charge in [0.1, 0.15) is 17.6 Å². The van der Waals surface area contributed by atoms with E-state index in [1.165, 1.54) is 10.8 Å². The second kappa shape index (κ2) is 9.44. The van der Waals surface area contributed by atoms with Crippen molar-refractivity contribution in [2.45, 2.75) is 18.3 Å². The number of benzene rings is 3. The highest BCUT2D eigenvalue weighted by Gasteiger charge is 2.32. The van der Waals surface area contributed by atoms with Gasteiger partial charge in [0.25, 0.3) is 0 Å². The van der Waals surface area contributed by atoms with Gasteiger partial charge in [0.2, 0.25) is 5.91 Å². The number of carbonyl (C=O) groups excluding carboxylic acids is 1. The number of hydrogen-bond acceptors (Lipinski definition) is 6. The van der Waals surface area contributed by atoms with Crippen molar-refractivity contribution in [1.29, 1.82) is 0 Å². The molecule has 8 heteroatoms. The molecule has 0 aromatic heterocycles. The zero-order valence-electron chi connectivity index (χ0n) is 16.4. The lowest BCUT2D eigenvalue weighted by Gasteiger charge is -2.09. The molecule has 31 heavy (non-hydrogen) atoms. The van der Waals surface area contributed by atoms with Gasteiger partial charge in [-0.15, -0.1) is 5.10 Å². The van der Waals surface area contributed by atoms with E-state index in [-0.39, 0.29) is 12.3 Å². The summed E-state index contributed by atoms with van der Waals surface area (Å²) in [6.07, 6.45) is 1.30. The molecule has 0 radical (unpaired) electrons. The first kappa shape index (κ1) is 20.6. The maximum Gasteiger partial charge on any atom is 0.305 e. The average Bonchev–Trinajstić information content (AvgIpc) is 3.11. The Bertz CT molecular complexity index is 1170. The molecule has 7 nitrogen and oxygen atoms in total. The summed E-state index contributed by atoms with van der Waals surface area (Å²) >= 11 is 1.06.